The van der Waals surface area contributed by atoms with Crippen LogP contribution in [-0.2, 0) is 9.47 Å². The summed E-state index contributed by atoms with van der Waals surface area (Å²) >= 11 is 0. The van der Waals surface area contributed by atoms with Crippen molar-refractivity contribution >= 4 is 18.1 Å². The van der Waals surface area contributed by atoms with Crippen LogP contribution in [0, 0.1) is 5.92 Å². The first kappa shape index (κ1) is 25.8. The van der Waals surface area contributed by atoms with E-state index in [9.17, 15) is 9.59 Å². The Morgan fingerprint density at radius 3 is 2.00 bits per heavy atom. The van der Waals surface area contributed by atoms with Gasteiger partial charge in [-0.3, -0.25) is 4.99 Å². The molecule has 2 amide bonds. The molecule has 1 atom stereocenters. The van der Waals surface area contributed by atoms with Crippen molar-refractivity contribution in [1.82, 2.24) is 20.9 Å². The molecule has 0 saturated heterocycles. The fourth-order valence-electron chi connectivity index (χ4n) is 2.10. The number of nitrogens with one attached hydrogen (secondary N) is 3. The number of nitrogens with zero attached hydrogens (tertiary/aromatic N) is 2. The Balaban J connectivity index is 4.13. The van der Waals surface area contributed by atoms with Crippen molar-refractivity contribution in [3.8, 4) is 0 Å². The number of ether oxygens (including phenoxy) is 2. The summed E-state index contributed by atoms with van der Waals surface area (Å²) in [6.07, 6.45) is -0.786. The molecule has 0 aromatic rings. The third-order valence-corrected chi connectivity index (χ3v) is 3.22. The van der Waals surface area contributed by atoms with Crippen LogP contribution in [0.5, 0.6) is 0 Å². The smallest absolute Gasteiger partial charge is 0.410 e. The second-order valence-corrected chi connectivity index (χ2v) is 8.77. The summed E-state index contributed by atoms with van der Waals surface area (Å²) < 4.78 is 10.5. The van der Waals surface area contributed by atoms with E-state index in [2.05, 4.69) is 20.9 Å². The normalized spacial score (nSPS) is 13.4. The lowest BCUT2D eigenvalue weighted by atomic mass is 10.1. The zero-order chi connectivity index (χ0) is 22.0. The van der Waals surface area contributed by atoms with Crippen molar-refractivity contribution in [2.24, 2.45) is 10.9 Å². The molecule has 0 aromatic heterocycles. The first-order valence-corrected chi connectivity index (χ1v) is 9.59. The minimum absolute atomic E-state index is 0.191. The average molecular weight is 402 g/mol. The van der Waals surface area contributed by atoms with Gasteiger partial charge in [-0.15, -0.1) is 0 Å². The van der Waals surface area contributed by atoms with Gasteiger partial charge in [0.15, 0.2) is 5.96 Å². The van der Waals surface area contributed by atoms with Crippen LogP contribution in [0.3, 0.4) is 0 Å². The molecular formula is C19H39N5O4. The number of guanidine groups is 1. The monoisotopic (exact) mass is 401 g/mol. The summed E-state index contributed by atoms with van der Waals surface area (Å²) in [5.74, 6) is 0.814. The maximum absolute atomic E-state index is 12.0. The van der Waals surface area contributed by atoms with Gasteiger partial charge in [-0.1, -0.05) is 6.92 Å². The van der Waals surface area contributed by atoms with E-state index in [4.69, 9.17) is 9.47 Å². The summed E-state index contributed by atoms with van der Waals surface area (Å²) in [5, 5.41) is 8.99. The van der Waals surface area contributed by atoms with E-state index < -0.39 is 17.3 Å². The van der Waals surface area contributed by atoms with Crippen LogP contribution in [0.2, 0.25) is 0 Å². The first-order valence-electron chi connectivity index (χ1n) is 9.59. The molecule has 9 heteroatoms. The highest BCUT2D eigenvalue weighted by molar-refractivity contribution is 5.79. The van der Waals surface area contributed by atoms with E-state index in [0.717, 1.165) is 0 Å². The van der Waals surface area contributed by atoms with Crippen LogP contribution in [0.15, 0.2) is 4.99 Å². The predicted octanol–water partition coefficient (Wildman–Crippen LogP) is 2.18. The summed E-state index contributed by atoms with van der Waals surface area (Å²) in [4.78, 5) is 29.3. The van der Waals surface area contributed by atoms with Gasteiger partial charge < -0.3 is 30.3 Å². The van der Waals surface area contributed by atoms with E-state index >= 15 is 0 Å². The lowest BCUT2D eigenvalue weighted by molar-refractivity contribution is 0.0277. The molecule has 28 heavy (non-hydrogen) atoms. The van der Waals surface area contributed by atoms with Crippen LogP contribution in [0.4, 0.5) is 9.59 Å². The molecule has 0 aliphatic rings. The largest absolute Gasteiger partial charge is 0.444 e. The summed E-state index contributed by atoms with van der Waals surface area (Å²) in [5.41, 5.74) is -1.02. The maximum Gasteiger partial charge on any atom is 0.410 e. The van der Waals surface area contributed by atoms with Gasteiger partial charge in [0, 0.05) is 40.3 Å². The summed E-state index contributed by atoms with van der Waals surface area (Å²) in [7, 11) is 3.40. The standard InChI is InChI=1S/C19H39N5O4/c1-14(13-24(9)17(26)28-19(5,6)7)12-23-15(20-8)21-10-11-22-16(25)27-18(2,3)4/h14H,10-13H2,1-9H3,(H,22,25)(H2,20,21,23). The lowest BCUT2D eigenvalue weighted by Crippen LogP contribution is -2.45. The fraction of sp³-hybridized carbons (Fsp3) is 0.842. The van der Waals surface area contributed by atoms with Gasteiger partial charge in [0.25, 0.3) is 0 Å². The van der Waals surface area contributed by atoms with Crippen molar-refractivity contribution < 1.29 is 19.1 Å². The molecule has 0 rings (SSSR count). The third kappa shape index (κ3) is 13.9. The van der Waals surface area contributed by atoms with Crippen molar-refractivity contribution in [2.75, 3.05) is 40.3 Å². The van der Waals surface area contributed by atoms with Crippen molar-refractivity contribution in [3.63, 3.8) is 0 Å². The quantitative estimate of drug-likeness (QED) is 0.343. The fourth-order valence-corrected chi connectivity index (χ4v) is 2.10. The Hall–Kier alpha value is -2.19. The highest BCUT2D eigenvalue weighted by Crippen LogP contribution is 2.10. The first-order chi connectivity index (χ1) is 12.7. The molecule has 0 aromatic carbocycles. The van der Waals surface area contributed by atoms with Gasteiger partial charge in [0.1, 0.15) is 11.2 Å². The summed E-state index contributed by atoms with van der Waals surface area (Å²) in [6, 6.07) is 0. The zero-order valence-corrected chi connectivity index (χ0v) is 18.9. The molecular weight excluding hydrogens is 362 g/mol. The van der Waals surface area contributed by atoms with Crippen LogP contribution in [0.1, 0.15) is 48.5 Å². The molecule has 0 heterocycles. The highest BCUT2D eigenvalue weighted by atomic mass is 16.6. The molecule has 3 N–H and O–H groups in total. The number of alkyl carbamates (subject to hydrolysis) is 1. The van der Waals surface area contributed by atoms with Crippen molar-refractivity contribution in [2.45, 2.75) is 59.7 Å². The summed E-state index contributed by atoms with van der Waals surface area (Å²) in [6.45, 7) is 15.1. The Kier molecular flexibility index (Phi) is 10.7. The van der Waals surface area contributed by atoms with E-state index in [1.165, 1.54) is 0 Å². The predicted molar refractivity (Wildman–Crippen MR) is 112 cm³/mol. The maximum atomic E-state index is 12.0. The van der Waals surface area contributed by atoms with Crippen molar-refractivity contribution in [1.29, 1.82) is 0 Å². The Bertz CT molecular complexity index is 523. The Morgan fingerprint density at radius 2 is 1.50 bits per heavy atom. The second kappa shape index (κ2) is 11.6. The average Bonchev–Trinajstić information content (AvgIpc) is 2.50. The Labute approximate surface area is 169 Å². The van der Waals surface area contributed by atoms with Gasteiger partial charge in [0.2, 0.25) is 0 Å². The van der Waals surface area contributed by atoms with E-state index in [0.29, 0.717) is 32.1 Å². The molecule has 1 unspecified atom stereocenters. The van der Waals surface area contributed by atoms with Crippen molar-refractivity contribution in [3.05, 3.63) is 0 Å². The van der Waals surface area contributed by atoms with Gasteiger partial charge in [-0.25, -0.2) is 9.59 Å². The van der Waals surface area contributed by atoms with Gasteiger partial charge in [0.05, 0.1) is 0 Å². The van der Waals surface area contributed by atoms with Gasteiger partial charge in [-0.2, -0.15) is 0 Å². The van der Waals surface area contributed by atoms with Gasteiger partial charge in [-0.05, 0) is 47.5 Å². The molecule has 0 aliphatic heterocycles. The van der Waals surface area contributed by atoms with Crippen LogP contribution in [-0.4, -0.2) is 74.5 Å². The molecule has 0 radical (unpaired) electrons. The number of aliphatic imine (C=N–C) groups is 1. The molecule has 9 nitrogen and oxygen atoms in total. The number of amides is 2. The number of carbonyl (C=O) groups excluding carboxylic acids is 2. The van der Waals surface area contributed by atoms with Crippen LogP contribution >= 0.6 is 0 Å². The van der Waals surface area contributed by atoms with E-state index in [1.807, 2.05) is 48.5 Å². The minimum atomic E-state index is -0.516. The van der Waals surface area contributed by atoms with Crippen LogP contribution < -0.4 is 16.0 Å². The number of hydrogen-bond donors (Lipinski definition) is 3. The molecule has 0 bridgehead atoms. The van der Waals surface area contributed by atoms with E-state index in [-0.39, 0.29) is 12.0 Å². The van der Waals surface area contributed by atoms with Gasteiger partial charge >= 0.3 is 12.2 Å². The molecule has 0 aliphatic carbocycles. The molecule has 0 spiro atoms. The topological polar surface area (TPSA) is 104 Å². The SMILES string of the molecule is CN=C(NCCNC(=O)OC(C)(C)C)NCC(C)CN(C)C(=O)OC(C)(C)C. The molecule has 0 saturated carbocycles. The van der Waals surface area contributed by atoms with E-state index in [1.54, 1.807) is 19.0 Å². The van der Waals surface area contributed by atoms with Crippen LogP contribution in [0.25, 0.3) is 0 Å². The second-order valence-electron chi connectivity index (χ2n) is 8.77. The highest BCUT2D eigenvalue weighted by Gasteiger charge is 2.20. The molecule has 0 fully saturated rings. The third-order valence-electron chi connectivity index (χ3n) is 3.22. The Morgan fingerprint density at radius 1 is 0.964 bits per heavy atom. The number of carbonyl (C=O) groups is 2. The molecule has 164 valence electrons. The number of hydrogen-bond acceptors (Lipinski definition) is 5. The lowest BCUT2D eigenvalue weighted by Gasteiger charge is -2.26. The number of rotatable bonds is 7. The minimum Gasteiger partial charge on any atom is -0.444 e. The zero-order valence-electron chi connectivity index (χ0n) is 18.9.